The van der Waals surface area contributed by atoms with Gasteiger partial charge in [-0.2, -0.15) is 0 Å². The number of ether oxygens (including phenoxy) is 2. The zero-order valence-corrected chi connectivity index (χ0v) is 18.1. The maximum atomic E-state index is 12.8. The molecular formula is C25H23ClN2O3. The van der Waals surface area contributed by atoms with Gasteiger partial charge >= 0.3 is 0 Å². The van der Waals surface area contributed by atoms with E-state index in [2.05, 4.69) is 16.4 Å². The number of aromatic amines is 1. The number of benzene rings is 3. The third kappa shape index (κ3) is 4.37. The highest BCUT2D eigenvalue weighted by Crippen LogP contribution is 2.31. The van der Waals surface area contributed by atoms with E-state index >= 15 is 0 Å². The Morgan fingerprint density at radius 2 is 1.81 bits per heavy atom. The highest BCUT2D eigenvalue weighted by molar-refractivity contribution is 6.32. The van der Waals surface area contributed by atoms with E-state index in [-0.39, 0.29) is 11.8 Å². The van der Waals surface area contributed by atoms with Gasteiger partial charge in [-0.3, -0.25) is 4.79 Å². The second-order valence-corrected chi connectivity index (χ2v) is 7.58. The van der Waals surface area contributed by atoms with Crippen LogP contribution in [0.1, 0.15) is 27.4 Å². The number of fused-ring (bicyclic) bond motifs is 1. The van der Waals surface area contributed by atoms with Gasteiger partial charge in [0.05, 0.1) is 19.2 Å². The van der Waals surface area contributed by atoms with Gasteiger partial charge in [-0.05, 0) is 47.5 Å². The molecule has 1 amide bonds. The van der Waals surface area contributed by atoms with Crippen LogP contribution in [0.25, 0.3) is 10.9 Å². The second kappa shape index (κ2) is 9.14. The minimum Gasteiger partial charge on any atom is -0.497 e. The lowest BCUT2D eigenvalue weighted by atomic mass is 9.90. The highest BCUT2D eigenvalue weighted by atomic mass is 35.5. The fourth-order valence-corrected chi connectivity index (χ4v) is 3.99. The molecule has 0 fully saturated rings. The summed E-state index contributed by atoms with van der Waals surface area (Å²) in [4.78, 5) is 16.2. The zero-order chi connectivity index (χ0) is 21.8. The predicted molar refractivity (Wildman–Crippen MR) is 123 cm³/mol. The van der Waals surface area contributed by atoms with Gasteiger partial charge < -0.3 is 19.8 Å². The van der Waals surface area contributed by atoms with Crippen LogP contribution in [0.5, 0.6) is 11.5 Å². The van der Waals surface area contributed by atoms with E-state index in [1.165, 1.54) is 0 Å². The maximum Gasteiger partial charge on any atom is 0.251 e. The van der Waals surface area contributed by atoms with Crippen LogP contribution in [-0.2, 0) is 0 Å². The van der Waals surface area contributed by atoms with Crippen molar-refractivity contribution >= 4 is 28.4 Å². The summed E-state index contributed by atoms with van der Waals surface area (Å²) in [6.45, 7) is 0.427. The highest BCUT2D eigenvalue weighted by Gasteiger charge is 2.20. The number of nitrogens with one attached hydrogen (secondary N) is 2. The van der Waals surface area contributed by atoms with Gasteiger partial charge in [0.2, 0.25) is 0 Å². The van der Waals surface area contributed by atoms with E-state index in [9.17, 15) is 4.79 Å². The van der Waals surface area contributed by atoms with Crippen molar-refractivity contribution in [2.24, 2.45) is 0 Å². The van der Waals surface area contributed by atoms with Gasteiger partial charge in [-0.1, -0.05) is 41.9 Å². The van der Waals surface area contributed by atoms with Crippen molar-refractivity contribution < 1.29 is 14.3 Å². The Labute approximate surface area is 186 Å². The number of hydrogen-bond donors (Lipinski definition) is 2. The van der Waals surface area contributed by atoms with Gasteiger partial charge in [0, 0.05) is 35.1 Å². The van der Waals surface area contributed by atoms with E-state index in [0.29, 0.717) is 22.9 Å². The average Bonchev–Trinajstić information content (AvgIpc) is 3.23. The molecule has 31 heavy (non-hydrogen) atoms. The minimum absolute atomic E-state index is 0.0419. The fraction of sp³-hybridized carbons (Fsp3) is 0.160. The number of carbonyl (C=O) groups is 1. The number of aromatic nitrogens is 1. The summed E-state index contributed by atoms with van der Waals surface area (Å²) in [6.07, 6.45) is 2.01. The largest absolute Gasteiger partial charge is 0.497 e. The lowest BCUT2D eigenvalue weighted by Crippen LogP contribution is -2.28. The van der Waals surface area contributed by atoms with Crippen molar-refractivity contribution in [1.29, 1.82) is 0 Å². The fourth-order valence-electron chi connectivity index (χ4n) is 3.73. The predicted octanol–water partition coefficient (Wildman–Crippen LogP) is 5.40. The van der Waals surface area contributed by atoms with E-state index in [1.54, 1.807) is 32.4 Å². The van der Waals surface area contributed by atoms with Crippen molar-refractivity contribution in [1.82, 2.24) is 10.3 Å². The molecule has 0 aliphatic rings. The minimum atomic E-state index is -0.192. The Balaban J connectivity index is 1.63. The lowest BCUT2D eigenvalue weighted by Gasteiger charge is -2.19. The number of para-hydroxylation sites is 1. The lowest BCUT2D eigenvalue weighted by molar-refractivity contribution is 0.0952. The Hall–Kier alpha value is -3.44. The Kier molecular flexibility index (Phi) is 6.14. The summed E-state index contributed by atoms with van der Waals surface area (Å²) < 4.78 is 10.5. The number of halogens is 1. The molecule has 1 atom stereocenters. The normalized spacial score (nSPS) is 11.8. The molecule has 3 aromatic carbocycles. The van der Waals surface area contributed by atoms with Crippen molar-refractivity contribution in [2.45, 2.75) is 5.92 Å². The van der Waals surface area contributed by atoms with Gasteiger partial charge in [0.25, 0.3) is 5.91 Å². The molecule has 0 radical (unpaired) electrons. The molecule has 0 saturated heterocycles. The molecule has 0 saturated carbocycles. The van der Waals surface area contributed by atoms with E-state index in [1.807, 2.05) is 48.7 Å². The molecule has 1 unspecified atom stereocenters. The molecule has 6 heteroatoms. The van der Waals surface area contributed by atoms with Crippen LogP contribution in [0.2, 0.25) is 5.02 Å². The van der Waals surface area contributed by atoms with E-state index < -0.39 is 0 Å². The van der Waals surface area contributed by atoms with Crippen LogP contribution >= 0.6 is 11.6 Å². The Morgan fingerprint density at radius 3 is 2.52 bits per heavy atom. The molecule has 158 valence electrons. The summed E-state index contributed by atoms with van der Waals surface area (Å²) in [5.74, 6) is 1.09. The second-order valence-electron chi connectivity index (χ2n) is 7.17. The Morgan fingerprint density at radius 1 is 1.03 bits per heavy atom. The molecular weight excluding hydrogens is 412 g/mol. The van der Waals surface area contributed by atoms with Crippen LogP contribution in [-0.4, -0.2) is 31.7 Å². The van der Waals surface area contributed by atoms with Crippen molar-refractivity contribution in [3.05, 3.63) is 94.6 Å². The molecule has 4 rings (SSSR count). The molecule has 1 aromatic heterocycles. The molecule has 0 bridgehead atoms. The van der Waals surface area contributed by atoms with Crippen LogP contribution in [0.4, 0.5) is 0 Å². The molecule has 0 aliphatic heterocycles. The monoisotopic (exact) mass is 434 g/mol. The number of hydrogen-bond acceptors (Lipinski definition) is 3. The molecule has 5 nitrogen and oxygen atoms in total. The number of rotatable bonds is 7. The van der Waals surface area contributed by atoms with Gasteiger partial charge in [0.1, 0.15) is 11.5 Å². The van der Waals surface area contributed by atoms with Crippen LogP contribution in [0.15, 0.2) is 72.9 Å². The van der Waals surface area contributed by atoms with Crippen molar-refractivity contribution in [3.8, 4) is 11.5 Å². The first-order valence-electron chi connectivity index (χ1n) is 9.92. The first-order chi connectivity index (χ1) is 15.1. The van der Waals surface area contributed by atoms with E-state index in [0.717, 1.165) is 27.8 Å². The molecule has 0 spiro atoms. The smallest absolute Gasteiger partial charge is 0.251 e. The van der Waals surface area contributed by atoms with E-state index in [4.69, 9.17) is 21.1 Å². The first-order valence-corrected chi connectivity index (χ1v) is 10.3. The summed E-state index contributed by atoms with van der Waals surface area (Å²) in [7, 11) is 3.19. The maximum absolute atomic E-state index is 12.8. The molecule has 4 aromatic rings. The van der Waals surface area contributed by atoms with Crippen LogP contribution in [0, 0.1) is 0 Å². The topological polar surface area (TPSA) is 63.4 Å². The van der Waals surface area contributed by atoms with Gasteiger partial charge in [0.15, 0.2) is 0 Å². The summed E-state index contributed by atoms with van der Waals surface area (Å²) in [5.41, 5.74) is 3.75. The summed E-state index contributed by atoms with van der Waals surface area (Å²) in [6, 6.07) is 21.1. The zero-order valence-electron chi connectivity index (χ0n) is 17.3. The number of methoxy groups -OCH3 is 2. The molecule has 1 heterocycles. The van der Waals surface area contributed by atoms with Crippen molar-refractivity contribution in [2.75, 3.05) is 20.8 Å². The van der Waals surface area contributed by atoms with Crippen molar-refractivity contribution in [3.63, 3.8) is 0 Å². The third-order valence-electron chi connectivity index (χ3n) is 5.40. The summed E-state index contributed by atoms with van der Waals surface area (Å²) in [5, 5.41) is 4.59. The summed E-state index contributed by atoms with van der Waals surface area (Å²) >= 11 is 6.19. The SMILES string of the molecule is COc1ccc(C(CNC(=O)c2ccc(OC)c(Cl)c2)c2c[nH]c3ccccc23)cc1. The molecule has 0 aliphatic carbocycles. The number of H-pyrrole nitrogens is 1. The third-order valence-corrected chi connectivity index (χ3v) is 5.69. The van der Waals surface area contributed by atoms with Crippen LogP contribution in [0.3, 0.4) is 0 Å². The van der Waals surface area contributed by atoms with Gasteiger partial charge in [-0.25, -0.2) is 0 Å². The quantitative estimate of drug-likeness (QED) is 0.409. The number of amides is 1. The number of carbonyl (C=O) groups excluding carboxylic acids is 1. The molecule has 2 N–H and O–H groups in total. The van der Waals surface area contributed by atoms with Crippen LogP contribution < -0.4 is 14.8 Å². The standard InChI is InChI=1S/C25H23ClN2O3/c1-30-18-10-7-16(8-11-18)20(21-15-27-23-6-4-3-5-19(21)23)14-28-25(29)17-9-12-24(31-2)22(26)13-17/h3-13,15,20,27H,14H2,1-2H3,(H,28,29). The first kappa shape index (κ1) is 20.8. The van der Waals surface area contributed by atoms with Gasteiger partial charge in [-0.15, -0.1) is 0 Å². The Bertz CT molecular complexity index is 1200. The average molecular weight is 435 g/mol.